The minimum absolute atomic E-state index is 0.222. The molecule has 4 rings (SSSR count). The lowest BCUT2D eigenvalue weighted by Crippen LogP contribution is -2.46. The zero-order chi connectivity index (χ0) is 20.2. The third kappa shape index (κ3) is 4.60. The fraction of sp³-hybridized carbons (Fsp3) is 0.273. The number of hydrogen-bond donors (Lipinski definition) is 1. The quantitative estimate of drug-likeness (QED) is 0.675. The van der Waals surface area contributed by atoms with E-state index in [0.717, 1.165) is 44.0 Å². The molecule has 0 saturated carbocycles. The summed E-state index contributed by atoms with van der Waals surface area (Å²) in [6.07, 6.45) is 0. The van der Waals surface area contributed by atoms with Crippen LogP contribution in [-0.4, -0.2) is 48.7 Å². The van der Waals surface area contributed by atoms with E-state index >= 15 is 0 Å². The van der Waals surface area contributed by atoms with E-state index in [4.69, 9.17) is 16.1 Å². The maximum Gasteiger partial charge on any atom is 0.277 e. The number of aromatic nitrogens is 1. The van der Waals surface area contributed by atoms with Crippen LogP contribution in [0.5, 0.6) is 0 Å². The molecule has 0 atom stereocenters. The third-order valence-electron chi connectivity index (χ3n) is 5.16. The van der Waals surface area contributed by atoms with Gasteiger partial charge in [0.2, 0.25) is 0 Å². The molecule has 0 radical (unpaired) electrons. The monoisotopic (exact) mass is 410 g/mol. The molecule has 1 aliphatic heterocycles. The predicted molar refractivity (Wildman–Crippen MR) is 116 cm³/mol. The summed E-state index contributed by atoms with van der Waals surface area (Å²) in [5, 5.41) is 7.35. The first-order valence-electron chi connectivity index (χ1n) is 9.74. The molecule has 1 fully saturated rings. The van der Waals surface area contributed by atoms with Gasteiger partial charge in [-0.1, -0.05) is 35.8 Å². The second kappa shape index (κ2) is 8.68. The summed E-state index contributed by atoms with van der Waals surface area (Å²) in [4.78, 5) is 17.3. The van der Waals surface area contributed by atoms with Crippen molar-refractivity contribution in [1.29, 1.82) is 0 Å². The molecule has 2 heterocycles. The lowest BCUT2D eigenvalue weighted by atomic mass is 10.1. The molecule has 3 aromatic rings. The average molecular weight is 411 g/mol. The number of benzene rings is 2. The van der Waals surface area contributed by atoms with Crippen molar-refractivity contribution in [3.8, 4) is 11.3 Å². The summed E-state index contributed by atoms with van der Waals surface area (Å²) in [7, 11) is 0. The molecule has 0 bridgehead atoms. The van der Waals surface area contributed by atoms with Crippen LogP contribution in [0.3, 0.4) is 0 Å². The Kier molecular flexibility index (Phi) is 5.83. The van der Waals surface area contributed by atoms with Gasteiger partial charge < -0.3 is 19.6 Å². The molecular formula is C22H23ClN4O2. The average Bonchev–Trinajstić information content (AvgIpc) is 3.25. The summed E-state index contributed by atoms with van der Waals surface area (Å²) in [6, 6.07) is 16.7. The Balaban J connectivity index is 1.39. The molecule has 1 saturated heterocycles. The molecule has 7 heteroatoms. The Morgan fingerprint density at radius 2 is 1.86 bits per heavy atom. The predicted octanol–water partition coefficient (Wildman–Crippen LogP) is 4.39. The molecule has 29 heavy (non-hydrogen) atoms. The zero-order valence-corrected chi connectivity index (χ0v) is 17.0. The highest BCUT2D eigenvalue weighted by atomic mass is 35.5. The standard InChI is InChI=1S/C22H23ClN4O2/c1-2-26-10-12-27(13-11-26)19-8-6-18(7-9-19)24-22(28)20-15-21(29-25-20)16-4-3-5-17(23)14-16/h3-9,14-15H,2,10-13H2,1H3,(H,24,28). The van der Waals surface area contributed by atoms with Crippen molar-refractivity contribution in [3.63, 3.8) is 0 Å². The molecule has 0 unspecified atom stereocenters. The Bertz CT molecular complexity index is 978. The molecule has 150 valence electrons. The summed E-state index contributed by atoms with van der Waals surface area (Å²) in [5.41, 5.74) is 2.89. The number of halogens is 1. The van der Waals surface area contributed by atoms with Gasteiger partial charge in [0.25, 0.3) is 5.91 Å². The molecule has 1 aromatic heterocycles. The topological polar surface area (TPSA) is 61.6 Å². The van der Waals surface area contributed by atoms with Crippen molar-refractivity contribution >= 4 is 28.9 Å². The molecule has 1 amide bonds. The highest BCUT2D eigenvalue weighted by Gasteiger charge is 2.17. The molecule has 0 aliphatic carbocycles. The van der Waals surface area contributed by atoms with Gasteiger partial charge in [0.15, 0.2) is 11.5 Å². The number of anilines is 2. The minimum Gasteiger partial charge on any atom is -0.369 e. The Labute approximate surface area is 175 Å². The summed E-state index contributed by atoms with van der Waals surface area (Å²) >= 11 is 6.01. The van der Waals surface area contributed by atoms with Crippen molar-refractivity contribution < 1.29 is 9.32 Å². The number of rotatable bonds is 5. The molecule has 2 aromatic carbocycles. The van der Waals surface area contributed by atoms with E-state index in [1.54, 1.807) is 18.2 Å². The van der Waals surface area contributed by atoms with Crippen molar-refractivity contribution in [2.45, 2.75) is 6.92 Å². The molecule has 6 nitrogen and oxygen atoms in total. The first-order valence-corrected chi connectivity index (χ1v) is 10.1. The van der Waals surface area contributed by atoms with Gasteiger partial charge in [-0.25, -0.2) is 0 Å². The van der Waals surface area contributed by atoms with E-state index in [1.807, 2.05) is 36.4 Å². The number of nitrogens with one attached hydrogen (secondary N) is 1. The fourth-order valence-electron chi connectivity index (χ4n) is 3.43. The van der Waals surface area contributed by atoms with E-state index in [9.17, 15) is 4.79 Å². The van der Waals surface area contributed by atoms with Gasteiger partial charge in [-0.15, -0.1) is 0 Å². The van der Waals surface area contributed by atoms with Crippen LogP contribution >= 0.6 is 11.6 Å². The molecule has 0 spiro atoms. The van der Waals surface area contributed by atoms with E-state index in [1.165, 1.54) is 5.69 Å². The SMILES string of the molecule is CCN1CCN(c2ccc(NC(=O)c3cc(-c4cccc(Cl)c4)on3)cc2)CC1. The van der Waals surface area contributed by atoms with Crippen molar-refractivity contribution in [3.05, 3.63) is 65.3 Å². The Morgan fingerprint density at radius 3 is 2.55 bits per heavy atom. The first-order chi connectivity index (χ1) is 14.1. The smallest absolute Gasteiger partial charge is 0.277 e. The highest BCUT2D eigenvalue weighted by molar-refractivity contribution is 6.30. The molecule has 1 N–H and O–H groups in total. The Morgan fingerprint density at radius 1 is 1.10 bits per heavy atom. The van der Waals surface area contributed by atoms with Crippen LogP contribution in [0.25, 0.3) is 11.3 Å². The largest absolute Gasteiger partial charge is 0.369 e. The van der Waals surface area contributed by atoms with Crippen molar-refractivity contribution in [2.24, 2.45) is 0 Å². The van der Waals surface area contributed by atoms with Crippen LogP contribution in [0.1, 0.15) is 17.4 Å². The van der Waals surface area contributed by atoms with E-state index in [0.29, 0.717) is 10.8 Å². The maximum absolute atomic E-state index is 12.5. The number of hydrogen-bond acceptors (Lipinski definition) is 5. The third-order valence-corrected chi connectivity index (χ3v) is 5.40. The lowest BCUT2D eigenvalue weighted by Gasteiger charge is -2.35. The van der Waals surface area contributed by atoms with E-state index < -0.39 is 0 Å². The van der Waals surface area contributed by atoms with Crippen molar-refractivity contribution in [1.82, 2.24) is 10.1 Å². The van der Waals surface area contributed by atoms with Gasteiger partial charge in [0.1, 0.15) is 0 Å². The van der Waals surface area contributed by atoms with Crippen LogP contribution < -0.4 is 10.2 Å². The second-order valence-electron chi connectivity index (χ2n) is 7.01. The molecule has 1 aliphatic rings. The normalized spacial score (nSPS) is 14.8. The van der Waals surface area contributed by atoms with Gasteiger partial charge in [-0.2, -0.15) is 0 Å². The minimum atomic E-state index is -0.314. The van der Waals surface area contributed by atoms with Crippen LogP contribution in [0.15, 0.2) is 59.1 Å². The first kappa shape index (κ1) is 19.5. The van der Waals surface area contributed by atoms with Crippen LogP contribution in [-0.2, 0) is 0 Å². The van der Waals surface area contributed by atoms with Gasteiger partial charge in [-0.3, -0.25) is 4.79 Å². The summed E-state index contributed by atoms with van der Waals surface area (Å²) in [5.74, 6) is 0.186. The van der Waals surface area contributed by atoms with Crippen molar-refractivity contribution in [2.75, 3.05) is 42.9 Å². The lowest BCUT2D eigenvalue weighted by molar-refractivity contribution is 0.101. The Hall–Kier alpha value is -2.83. The molecular weight excluding hydrogens is 388 g/mol. The summed E-state index contributed by atoms with van der Waals surface area (Å²) < 4.78 is 5.30. The summed E-state index contributed by atoms with van der Waals surface area (Å²) in [6.45, 7) is 7.49. The van der Waals surface area contributed by atoms with Gasteiger partial charge in [0, 0.05) is 54.2 Å². The van der Waals surface area contributed by atoms with Crippen LogP contribution in [0, 0.1) is 0 Å². The number of carbonyl (C=O) groups excluding carboxylic acids is 1. The number of nitrogens with zero attached hydrogens (tertiary/aromatic N) is 3. The van der Waals surface area contributed by atoms with Gasteiger partial charge >= 0.3 is 0 Å². The second-order valence-corrected chi connectivity index (χ2v) is 7.45. The van der Waals surface area contributed by atoms with Crippen LogP contribution in [0.2, 0.25) is 5.02 Å². The number of carbonyl (C=O) groups is 1. The van der Waals surface area contributed by atoms with Gasteiger partial charge in [-0.05, 0) is 42.9 Å². The number of likely N-dealkylation sites (N-methyl/N-ethyl adjacent to an activating group) is 1. The highest BCUT2D eigenvalue weighted by Crippen LogP contribution is 2.24. The van der Waals surface area contributed by atoms with Crippen LogP contribution in [0.4, 0.5) is 11.4 Å². The number of amides is 1. The van der Waals surface area contributed by atoms with E-state index in [2.05, 4.69) is 27.2 Å². The van der Waals surface area contributed by atoms with Gasteiger partial charge in [0.05, 0.1) is 0 Å². The van der Waals surface area contributed by atoms with E-state index in [-0.39, 0.29) is 11.6 Å². The number of piperazine rings is 1. The fourth-order valence-corrected chi connectivity index (χ4v) is 3.62. The zero-order valence-electron chi connectivity index (χ0n) is 16.3. The maximum atomic E-state index is 12.5.